The number of benzene rings is 2. The summed E-state index contributed by atoms with van der Waals surface area (Å²) in [5.41, 5.74) is 4.45. The average molecular weight is 354 g/mol. The minimum Gasteiger partial charge on any atom is -0.383 e. The summed E-state index contributed by atoms with van der Waals surface area (Å²) < 4.78 is 8.38. The van der Waals surface area contributed by atoms with Gasteiger partial charge in [-0.3, -0.25) is 4.79 Å². The number of amides is 1. The van der Waals surface area contributed by atoms with Crippen molar-refractivity contribution in [2.75, 3.05) is 13.7 Å². The minimum atomic E-state index is -0.121. The van der Waals surface area contributed by atoms with Crippen molar-refractivity contribution < 1.29 is 9.53 Å². The number of rotatable bonds is 5. The summed E-state index contributed by atoms with van der Waals surface area (Å²) in [5.74, 6) is -0.121. The third-order valence-corrected chi connectivity index (χ3v) is 5.23. The number of hydrogen-bond acceptors (Lipinski definition) is 3. The van der Waals surface area contributed by atoms with Crippen LogP contribution in [0, 0.1) is 13.8 Å². The third kappa shape index (κ3) is 4.06. The topological polar surface area (TPSA) is 43.6 Å². The van der Waals surface area contributed by atoms with Crippen molar-refractivity contribution in [2.24, 2.45) is 4.99 Å². The number of thiazole rings is 1. The molecule has 0 aliphatic rings. The third-order valence-electron chi connectivity index (χ3n) is 4.17. The van der Waals surface area contributed by atoms with E-state index in [2.05, 4.69) is 34.7 Å². The first-order valence-corrected chi connectivity index (χ1v) is 9.11. The van der Waals surface area contributed by atoms with E-state index in [1.54, 1.807) is 7.11 Å². The van der Waals surface area contributed by atoms with Gasteiger partial charge in [-0.05, 0) is 37.1 Å². The molecule has 1 amide bonds. The van der Waals surface area contributed by atoms with Gasteiger partial charge in [0.1, 0.15) is 0 Å². The second-order valence-electron chi connectivity index (χ2n) is 6.11. The monoisotopic (exact) mass is 354 g/mol. The summed E-state index contributed by atoms with van der Waals surface area (Å²) in [6, 6.07) is 14.3. The van der Waals surface area contributed by atoms with E-state index in [9.17, 15) is 4.79 Å². The molecule has 0 fully saturated rings. The first kappa shape index (κ1) is 17.6. The number of carbonyl (C=O) groups excluding carboxylic acids is 1. The van der Waals surface area contributed by atoms with Crippen molar-refractivity contribution in [3.63, 3.8) is 0 Å². The molecule has 1 aromatic heterocycles. The van der Waals surface area contributed by atoms with Gasteiger partial charge in [-0.2, -0.15) is 4.99 Å². The molecule has 3 rings (SSSR count). The summed E-state index contributed by atoms with van der Waals surface area (Å²) in [5, 5.41) is 0. The van der Waals surface area contributed by atoms with Crippen molar-refractivity contribution in [1.29, 1.82) is 0 Å². The van der Waals surface area contributed by atoms with Crippen LogP contribution in [0.1, 0.15) is 16.7 Å². The molecule has 0 unspecified atom stereocenters. The van der Waals surface area contributed by atoms with E-state index in [1.165, 1.54) is 16.9 Å². The van der Waals surface area contributed by atoms with Crippen LogP contribution in [0.3, 0.4) is 0 Å². The predicted octanol–water partition coefficient (Wildman–Crippen LogP) is 3.64. The number of carbonyl (C=O) groups is 1. The molecule has 0 aliphatic heterocycles. The van der Waals surface area contributed by atoms with Crippen LogP contribution >= 0.6 is 11.3 Å². The summed E-state index contributed by atoms with van der Waals surface area (Å²) >= 11 is 1.54. The number of hydrogen-bond donors (Lipinski definition) is 0. The van der Waals surface area contributed by atoms with Crippen LogP contribution < -0.4 is 4.80 Å². The van der Waals surface area contributed by atoms with Crippen LogP contribution in [-0.2, 0) is 22.5 Å². The number of para-hydroxylation sites is 1. The van der Waals surface area contributed by atoms with Gasteiger partial charge in [-0.1, -0.05) is 47.2 Å². The van der Waals surface area contributed by atoms with Crippen LogP contribution in [0.5, 0.6) is 0 Å². The molecule has 0 spiro atoms. The molecular formula is C20H22N2O2S. The number of ether oxygens (including phenoxy) is 1. The Balaban J connectivity index is 1.95. The van der Waals surface area contributed by atoms with E-state index < -0.39 is 0 Å². The highest BCUT2D eigenvalue weighted by molar-refractivity contribution is 7.16. The van der Waals surface area contributed by atoms with Crippen molar-refractivity contribution in [1.82, 2.24) is 4.57 Å². The molecule has 25 heavy (non-hydrogen) atoms. The largest absolute Gasteiger partial charge is 0.383 e. The second-order valence-corrected chi connectivity index (χ2v) is 7.12. The number of nitrogens with zero attached hydrogens (tertiary/aromatic N) is 2. The van der Waals surface area contributed by atoms with E-state index >= 15 is 0 Å². The van der Waals surface area contributed by atoms with Gasteiger partial charge in [-0.25, -0.2) is 0 Å². The minimum absolute atomic E-state index is 0.121. The van der Waals surface area contributed by atoms with Gasteiger partial charge in [-0.15, -0.1) is 0 Å². The Labute approximate surface area is 151 Å². The SMILES string of the molecule is COCCn1c(=NC(=O)Cc2ccc(C)cc2C)sc2ccccc21. The fraction of sp³-hybridized carbons (Fsp3) is 0.300. The fourth-order valence-electron chi connectivity index (χ4n) is 2.86. The molecule has 0 aliphatic carbocycles. The molecule has 5 heteroatoms. The van der Waals surface area contributed by atoms with E-state index in [1.807, 2.05) is 31.2 Å². The Bertz CT molecular complexity index is 969. The lowest BCUT2D eigenvalue weighted by Gasteiger charge is -2.05. The Morgan fingerprint density at radius 3 is 2.76 bits per heavy atom. The Hall–Kier alpha value is -2.24. The normalized spacial score (nSPS) is 12.0. The zero-order chi connectivity index (χ0) is 17.8. The van der Waals surface area contributed by atoms with Crippen LogP contribution in [0.4, 0.5) is 0 Å². The number of aromatic nitrogens is 1. The van der Waals surface area contributed by atoms with Gasteiger partial charge in [0, 0.05) is 13.7 Å². The smallest absolute Gasteiger partial charge is 0.252 e. The van der Waals surface area contributed by atoms with Gasteiger partial charge in [0.05, 0.1) is 23.2 Å². The Kier molecular flexibility index (Phi) is 5.46. The lowest BCUT2D eigenvalue weighted by Crippen LogP contribution is -2.19. The van der Waals surface area contributed by atoms with E-state index in [0.717, 1.165) is 26.1 Å². The molecule has 0 saturated carbocycles. The molecule has 0 radical (unpaired) electrons. The van der Waals surface area contributed by atoms with Gasteiger partial charge >= 0.3 is 0 Å². The summed E-state index contributed by atoms with van der Waals surface area (Å²) in [7, 11) is 1.68. The number of methoxy groups -OCH3 is 1. The first-order valence-electron chi connectivity index (χ1n) is 8.29. The molecule has 4 nitrogen and oxygen atoms in total. The first-order chi connectivity index (χ1) is 12.1. The van der Waals surface area contributed by atoms with E-state index in [-0.39, 0.29) is 5.91 Å². The maximum absolute atomic E-state index is 12.5. The maximum atomic E-state index is 12.5. The standard InChI is InChI=1S/C20H22N2O2S/c1-14-8-9-16(15(2)12-14)13-19(23)21-20-22(10-11-24-3)17-6-4-5-7-18(17)25-20/h4-9,12H,10-11,13H2,1-3H3. The average Bonchev–Trinajstić information content (AvgIpc) is 2.92. The van der Waals surface area contributed by atoms with Crippen molar-refractivity contribution in [3.05, 3.63) is 64.0 Å². The molecule has 0 atom stereocenters. The summed E-state index contributed by atoms with van der Waals surface area (Å²) in [6.07, 6.45) is 0.324. The molecule has 3 aromatic rings. The summed E-state index contributed by atoms with van der Waals surface area (Å²) in [6.45, 7) is 5.35. The van der Waals surface area contributed by atoms with Crippen LogP contribution in [0.15, 0.2) is 47.5 Å². The van der Waals surface area contributed by atoms with Crippen molar-refractivity contribution in [2.45, 2.75) is 26.8 Å². The van der Waals surface area contributed by atoms with Crippen LogP contribution in [-0.4, -0.2) is 24.2 Å². The molecule has 0 N–H and O–H groups in total. The Morgan fingerprint density at radius 2 is 2.00 bits per heavy atom. The second kappa shape index (κ2) is 7.76. The van der Waals surface area contributed by atoms with Crippen molar-refractivity contribution >= 4 is 27.5 Å². The van der Waals surface area contributed by atoms with Crippen LogP contribution in [0.25, 0.3) is 10.2 Å². The van der Waals surface area contributed by atoms with Gasteiger partial charge < -0.3 is 9.30 Å². The highest BCUT2D eigenvalue weighted by Crippen LogP contribution is 2.17. The van der Waals surface area contributed by atoms with E-state index in [0.29, 0.717) is 19.6 Å². The Morgan fingerprint density at radius 1 is 1.20 bits per heavy atom. The molecule has 0 bridgehead atoms. The van der Waals surface area contributed by atoms with Gasteiger partial charge in [0.15, 0.2) is 4.80 Å². The van der Waals surface area contributed by atoms with Gasteiger partial charge in [0.25, 0.3) is 5.91 Å². The maximum Gasteiger partial charge on any atom is 0.252 e. The lowest BCUT2D eigenvalue weighted by atomic mass is 10.0. The molecule has 1 heterocycles. The van der Waals surface area contributed by atoms with Crippen LogP contribution in [0.2, 0.25) is 0 Å². The molecule has 2 aromatic carbocycles. The highest BCUT2D eigenvalue weighted by atomic mass is 32.1. The lowest BCUT2D eigenvalue weighted by molar-refractivity contribution is -0.117. The number of fused-ring (bicyclic) bond motifs is 1. The molecule has 0 saturated heterocycles. The number of aryl methyl sites for hydroxylation is 2. The zero-order valence-corrected chi connectivity index (χ0v) is 15.6. The fourth-order valence-corrected chi connectivity index (χ4v) is 3.93. The van der Waals surface area contributed by atoms with Crippen molar-refractivity contribution in [3.8, 4) is 0 Å². The van der Waals surface area contributed by atoms with E-state index in [4.69, 9.17) is 4.74 Å². The molecule has 130 valence electrons. The highest BCUT2D eigenvalue weighted by Gasteiger charge is 2.09. The summed E-state index contributed by atoms with van der Waals surface area (Å²) in [4.78, 5) is 17.6. The predicted molar refractivity (Wildman–Crippen MR) is 102 cm³/mol. The molecular weight excluding hydrogens is 332 g/mol. The zero-order valence-electron chi connectivity index (χ0n) is 14.8. The quantitative estimate of drug-likeness (QED) is 0.702. The van der Waals surface area contributed by atoms with Gasteiger partial charge in [0.2, 0.25) is 0 Å².